The van der Waals surface area contributed by atoms with Gasteiger partial charge in [0.1, 0.15) is 0 Å². The molecule has 4 heterocycles. The highest BCUT2D eigenvalue weighted by atomic mass is 32.1. The van der Waals surface area contributed by atoms with Gasteiger partial charge in [0.2, 0.25) is 0 Å². The van der Waals surface area contributed by atoms with Crippen molar-refractivity contribution in [3.8, 4) is 21.4 Å². The zero-order valence-corrected chi connectivity index (χ0v) is 11.9. The van der Waals surface area contributed by atoms with E-state index in [1.165, 1.54) is 9.40 Å². The van der Waals surface area contributed by atoms with Crippen LogP contribution in [0.15, 0.2) is 49.1 Å². The van der Waals surface area contributed by atoms with E-state index in [2.05, 4.69) is 32.1 Å². The first-order valence-electron chi connectivity index (χ1n) is 5.98. The number of fused-ring (bicyclic) bond motifs is 1. The average molecular weight is 296 g/mol. The zero-order chi connectivity index (χ0) is 13.4. The van der Waals surface area contributed by atoms with Crippen LogP contribution in [0.4, 0.5) is 0 Å². The van der Waals surface area contributed by atoms with Crippen LogP contribution in [0.25, 0.3) is 30.8 Å². The van der Waals surface area contributed by atoms with Gasteiger partial charge in [0.05, 0.1) is 9.75 Å². The molecule has 0 aliphatic rings. The van der Waals surface area contributed by atoms with Gasteiger partial charge >= 0.3 is 0 Å². The van der Waals surface area contributed by atoms with Crippen molar-refractivity contribution in [2.24, 2.45) is 0 Å². The fraction of sp³-hybridized carbons (Fsp3) is 0. The van der Waals surface area contributed by atoms with E-state index in [-0.39, 0.29) is 0 Å². The summed E-state index contributed by atoms with van der Waals surface area (Å²) in [5.41, 5.74) is 0. The lowest BCUT2D eigenvalue weighted by molar-refractivity contribution is 1.19. The van der Waals surface area contributed by atoms with Crippen LogP contribution in [0.2, 0.25) is 0 Å². The molecule has 0 aromatic carbocycles. The van der Waals surface area contributed by atoms with Crippen molar-refractivity contribution >= 4 is 32.1 Å². The van der Waals surface area contributed by atoms with Crippen molar-refractivity contribution in [3.05, 3.63) is 49.1 Å². The lowest BCUT2D eigenvalue weighted by atomic mass is 10.4. The molecule has 96 valence electrons. The van der Waals surface area contributed by atoms with Crippen molar-refractivity contribution in [1.82, 2.24) is 19.9 Å². The average Bonchev–Trinajstić information content (AvgIpc) is 3.08. The Balaban J connectivity index is 1.78. The summed E-state index contributed by atoms with van der Waals surface area (Å²) >= 11 is 3.39. The summed E-state index contributed by atoms with van der Waals surface area (Å²) in [6.07, 6.45) is 7.05. The third-order valence-corrected chi connectivity index (χ3v) is 5.06. The Morgan fingerprint density at radius 1 is 0.600 bits per heavy atom. The Morgan fingerprint density at radius 2 is 1.00 bits per heavy atom. The highest BCUT2D eigenvalue weighted by Crippen LogP contribution is 2.39. The van der Waals surface area contributed by atoms with Crippen LogP contribution < -0.4 is 0 Å². The Hall–Kier alpha value is -2.18. The maximum absolute atomic E-state index is 4.28. The fourth-order valence-electron chi connectivity index (χ4n) is 1.91. The van der Waals surface area contributed by atoms with E-state index in [1.807, 2.05) is 12.1 Å². The van der Waals surface area contributed by atoms with E-state index in [1.54, 1.807) is 47.5 Å². The van der Waals surface area contributed by atoms with Gasteiger partial charge in [-0.2, -0.15) is 0 Å². The molecule has 4 rings (SSSR count). The molecule has 0 saturated heterocycles. The smallest absolute Gasteiger partial charge is 0.169 e. The number of hydrogen-bond acceptors (Lipinski definition) is 6. The van der Waals surface area contributed by atoms with Gasteiger partial charge in [-0.1, -0.05) is 0 Å². The molecular weight excluding hydrogens is 288 g/mol. The summed E-state index contributed by atoms with van der Waals surface area (Å²) < 4.78 is 2.44. The Labute approximate surface area is 122 Å². The van der Waals surface area contributed by atoms with Gasteiger partial charge < -0.3 is 0 Å². The van der Waals surface area contributed by atoms with Crippen LogP contribution in [0.5, 0.6) is 0 Å². The van der Waals surface area contributed by atoms with Crippen LogP contribution in [-0.2, 0) is 0 Å². The fourth-order valence-corrected chi connectivity index (χ4v) is 4.20. The molecule has 0 bridgehead atoms. The Morgan fingerprint density at radius 3 is 1.40 bits per heavy atom. The molecule has 20 heavy (non-hydrogen) atoms. The van der Waals surface area contributed by atoms with Crippen molar-refractivity contribution in [2.45, 2.75) is 0 Å². The molecule has 4 aromatic rings. The van der Waals surface area contributed by atoms with Crippen LogP contribution >= 0.6 is 22.7 Å². The maximum Gasteiger partial charge on any atom is 0.169 e. The molecule has 6 heteroatoms. The second-order valence-electron chi connectivity index (χ2n) is 4.09. The van der Waals surface area contributed by atoms with E-state index < -0.39 is 0 Å². The quantitative estimate of drug-likeness (QED) is 0.563. The van der Waals surface area contributed by atoms with Gasteiger partial charge in [0.25, 0.3) is 0 Å². The molecule has 0 unspecified atom stereocenters. The molecular formula is C14H8N4S2. The van der Waals surface area contributed by atoms with Gasteiger partial charge in [0, 0.05) is 34.2 Å². The first-order chi connectivity index (χ1) is 9.90. The first kappa shape index (κ1) is 11.6. The van der Waals surface area contributed by atoms with Gasteiger partial charge in [0.15, 0.2) is 11.6 Å². The van der Waals surface area contributed by atoms with Crippen molar-refractivity contribution in [1.29, 1.82) is 0 Å². The van der Waals surface area contributed by atoms with Gasteiger partial charge in [-0.25, -0.2) is 19.9 Å². The molecule has 0 N–H and O–H groups in total. The molecule has 0 saturated carbocycles. The summed E-state index contributed by atoms with van der Waals surface area (Å²) in [6.45, 7) is 0. The second-order valence-corrected chi connectivity index (χ2v) is 6.26. The zero-order valence-electron chi connectivity index (χ0n) is 10.2. The summed E-state index contributed by atoms with van der Waals surface area (Å²) in [6, 6.07) is 7.91. The molecule has 0 amide bonds. The van der Waals surface area contributed by atoms with E-state index in [0.717, 1.165) is 21.4 Å². The predicted molar refractivity (Wildman–Crippen MR) is 81.8 cm³/mol. The number of aromatic nitrogens is 4. The molecule has 0 aliphatic carbocycles. The van der Waals surface area contributed by atoms with Crippen molar-refractivity contribution < 1.29 is 0 Å². The summed E-state index contributed by atoms with van der Waals surface area (Å²) in [5, 5.41) is 0. The number of hydrogen-bond donors (Lipinski definition) is 0. The first-order valence-corrected chi connectivity index (χ1v) is 7.61. The molecule has 0 atom stereocenters. The molecule has 0 aliphatic heterocycles. The molecule has 4 nitrogen and oxygen atoms in total. The Bertz CT molecular complexity index is 752. The molecule has 4 aromatic heterocycles. The second kappa shape index (κ2) is 4.73. The standard InChI is InChI=1S/C14H8N4S2/c1-3-15-13(16-4-1)11-7-9-10(19-11)8-12(20-9)14-17-5-2-6-18-14/h1-8H. The summed E-state index contributed by atoms with van der Waals surface area (Å²) in [4.78, 5) is 19.3. The number of rotatable bonds is 2. The highest BCUT2D eigenvalue weighted by Gasteiger charge is 2.11. The minimum Gasteiger partial charge on any atom is -0.236 e. The van der Waals surface area contributed by atoms with E-state index in [0.29, 0.717) is 0 Å². The van der Waals surface area contributed by atoms with E-state index in [9.17, 15) is 0 Å². The predicted octanol–water partition coefficient (Wildman–Crippen LogP) is 3.88. The van der Waals surface area contributed by atoms with Gasteiger partial charge in [-0.05, 0) is 24.3 Å². The monoisotopic (exact) mass is 296 g/mol. The maximum atomic E-state index is 4.28. The molecule has 0 spiro atoms. The molecule has 0 fully saturated rings. The largest absolute Gasteiger partial charge is 0.236 e. The third-order valence-electron chi connectivity index (χ3n) is 2.78. The van der Waals surface area contributed by atoms with E-state index >= 15 is 0 Å². The molecule has 0 radical (unpaired) electrons. The highest BCUT2D eigenvalue weighted by molar-refractivity contribution is 7.30. The third kappa shape index (κ3) is 1.99. The Kier molecular flexibility index (Phi) is 2.75. The lowest BCUT2D eigenvalue weighted by Gasteiger charge is -1.93. The normalized spacial score (nSPS) is 11.0. The number of nitrogens with zero attached hydrogens (tertiary/aromatic N) is 4. The van der Waals surface area contributed by atoms with Crippen LogP contribution in [0.1, 0.15) is 0 Å². The van der Waals surface area contributed by atoms with E-state index in [4.69, 9.17) is 0 Å². The van der Waals surface area contributed by atoms with Crippen molar-refractivity contribution in [2.75, 3.05) is 0 Å². The van der Waals surface area contributed by atoms with Crippen LogP contribution in [-0.4, -0.2) is 19.9 Å². The van der Waals surface area contributed by atoms with Crippen molar-refractivity contribution in [3.63, 3.8) is 0 Å². The number of thiophene rings is 2. The van der Waals surface area contributed by atoms with Gasteiger partial charge in [-0.3, -0.25) is 0 Å². The topological polar surface area (TPSA) is 51.6 Å². The SMILES string of the molecule is c1cnc(-c2cc3sc(-c4ncccn4)cc3s2)nc1. The minimum atomic E-state index is 0.776. The summed E-state index contributed by atoms with van der Waals surface area (Å²) in [5.74, 6) is 1.55. The van der Waals surface area contributed by atoms with Gasteiger partial charge in [-0.15, -0.1) is 22.7 Å². The lowest BCUT2D eigenvalue weighted by Crippen LogP contribution is -1.82. The van der Waals surface area contributed by atoms with Crippen LogP contribution in [0.3, 0.4) is 0 Å². The summed E-state index contributed by atoms with van der Waals surface area (Å²) in [7, 11) is 0. The van der Waals surface area contributed by atoms with Crippen LogP contribution in [0, 0.1) is 0 Å². The minimum absolute atomic E-state index is 0.776.